The first-order valence-corrected chi connectivity index (χ1v) is 25.0. The maximum atomic E-state index is 16.7. The van der Waals surface area contributed by atoms with Gasteiger partial charge in [-0.05, 0) is 107 Å². The normalized spacial score (nSPS) is 20.5. The van der Waals surface area contributed by atoms with Gasteiger partial charge in [-0.2, -0.15) is 0 Å². The molecule has 0 unspecified atom stereocenters. The minimum atomic E-state index is -2.17. The number of aliphatic hydroxyl groups excluding tert-OH is 1. The van der Waals surface area contributed by atoms with Crippen LogP contribution in [0.5, 0.6) is 11.5 Å². The molecule has 378 valence electrons. The van der Waals surface area contributed by atoms with E-state index < -0.39 is 64.4 Å². The molecule has 2 saturated heterocycles. The van der Waals surface area contributed by atoms with Crippen molar-refractivity contribution >= 4 is 61.9 Å². The lowest BCUT2D eigenvalue weighted by atomic mass is 9.65. The number of thiazole rings is 1. The molecule has 1 spiro atoms. The summed E-state index contributed by atoms with van der Waals surface area (Å²) in [6.07, 6.45) is -2.09. The number of nitro groups is 1. The Morgan fingerprint density at radius 2 is 1.45 bits per heavy atom. The zero-order valence-electron chi connectivity index (χ0n) is 40.5. The van der Waals surface area contributed by atoms with Gasteiger partial charge in [0.25, 0.3) is 5.69 Å². The zero-order valence-corrected chi connectivity index (χ0v) is 41.3. The number of aromatic nitrogens is 1. The molecule has 3 aliphatic heterocycles. The number of hydrogen-bond donors (Lipinski definition) is 2. The van der Waals surface area contributed by atoms with E-state index in [1.165, 1.54) is 35.6 Å². The average Bonchev–Trinajstić information content (AvgIpc) is 3.75. The van der Waals surface area contributed by atoms with Crippen LogP contribution in [-0.2, 0) is 35.9 Å². The molecule has 11 rings (SSSR count). The van der Waals surface area contributed by atoms with E-state index in [0.717, 1.165) is 9.60 Å². The van der Waals surface area contributed by atoms with Crippen LogP contribution in [0.1, 0.15) is 57.1 Å². The van der Waals surface area contributed by atoms with E-state index in [1.807, 2.05) is 89.8 Å². The molecular formula is C59H45N5O11S. The summed E-state index contributed by atoms with van der Waals surface area (Å²) < 4.78 is 24.5. The fraction of sp³-hybridized carbons (Fsp3) is 0.169. The lowest BCUT2D eigenvalue weighted by Crippen LogP contribution is -2.54. The third kappa shape index (κ3) is 8.83. The SMILES string of the molecule is COc1ccc(C#Cc2ccc3c(c2)[C@]2(C(=O)N3C(=O)OCc3ccc([N+](=O)[O-])cc3)[C@H](c3ccc(OCCO)cc3)N3[C@H](c4ccccc4)[C@H](c4ccccc4)OC(=O)[C@H]3[C@@H]2C(=O)Nc2nc3ccccc3s2)cc1. The smallest absolute Gasteiger partial charge is 0.421 e. The van der Waals surface area contributed by atoms with Crippen molar-refractivity contribution in [2.75, 3.05) is 30.5 Å². The number of anilines is 2. The molecule has 4 heterocycles. The molecule has 16 nitrogen and oxygen atoms in total. The molecule has 7 aromatic carbocycles. The number of methoxy groups -OCH3 is 1. The second-order valence-electron chi connectivity index (χ2n) is 18.2. The molecule has 0 bridgehead atoms. The predicted molar refractivity (Wildman–Crippen MR) is 281 cm³/mol. The first kappa shape index (κ1) is 49.0. The molecule has 17 heteroatoms. The molecule has 0 saturated carbocycles. The Morgan fingerprint density at radius 3 is 2.13 bits per heavy atom. The number of hydrogen-bond acceptors (Lipinski definition) is 14. The predicted octanol–water partition coefficient (Wildman–Crippen LogP) is 9.63. The number of carbonyl (C=O) groups is 4. The van der Waals surface area contributed by atoms with Gasteiger partial charge in [-0.1, -0.05) is 108 Å². The Bertz CT molecular complexity index is 3550. The number of ether oxygens (including phenoxy) is 4. The number of imide groups is 1. The lowest BCUT2D eigenvalue weighted by molar-refractivity contribution is -0.384. The highest BCUT2D eigenvalue weighted by Gasteiger charge is 2.76. The van der Waals surface area contributed by atoms with E-state index in [4.69, 9.17) is 23.9 Å². The Morgan fingerprint density at radius 1 is 0.789 bits per heavy atom. The summed E-state index contributed by atoms with van der Waals surface area (Å²) in [5.41, 5.74) is 1.83. The number of nitrogens with one attached hydrogen (secondary N) is 1. The van der Waals surface area contributed by atoms with Gasteiger partial charge >= 0.3 is 12.1 Å². The molecule has 6 atom stereocenters. The van der Waals surface area contributed by atoms with E-state index in [1.54, 1.807) is 73.8 Å². The fourth-order valence-electron chi connectivity index (χ4n) is 10.7. The number of nitro benzene ring substituents is 1. The standard InChI is InChI=1S/C59H45N5O11S/c1-72-43-27-20-36(21-28-43)16-17-37-22-31-47-45(34-37)59(56(68)62(47)58(69)74-35-38-18-25-42(26-19-38)64(70)71)49(54(66)61-57-60-46-14-8-9-15-48(46)76-57)51-55(67)75-52(40-12-6-3-7-13-40)50(39-10-4-2-5-11-39)63(51)53(59)41-23-29-44(30-24-41)73-33-32-65/h2-15,18-31,34,49-53,65H,32-33,35H2,1H3,(H,60,61,66)/t49-,50-,51-,52+,53+,59-/m1/s1. The summed E-state index contributed by atoms with van der Waals surface area (Å²) >= 11 is 1.22. The van der Waals surface area contributed by atoms with Crippen molar-refractivity contribution in [2.45, 2.75) is 36.3 Å². The Hall–Kier alpha value is -9.21. The van der Waals surface area contributed by atoms with Crippen LogP contribution in [0, 0.1) is 27.9 Å². The summed E-state index contributed by atoms with van der Waals surface area (Å²) in [5, 5.41) is 24.4. The van der Waals surface area contributed by atoms with Crippen LogP contribution in [0.3, 0.4) is 0 Å². The van der Waals surface area contributed by atoms with Gasteiger partial charge in [-0.25, -0.2) is 14.7 Å². The topological polar surface area (TPSA) is 200 Å². The number of aliphatic hydroxyl groups is 1. The monoisotopic (exact) mass is 1030 g/mol. The number of fused-ring (bicyclic) bond motifs is 4. The molecule has 2 fully saturated rings. The Labute approximate surface area is 439 Å². The van der Waals surface area contributed by atoms with Crippen molar-refractivity contribution in [1.82, 2.24) is 9.88 Å². The van der Waals surface area contributed by atoms with Crippen LogP contribution in [-0.4, -0.2) is 70.2 Å². The van der Waals surface area contributed by atoms with Gasteiger partial charge in [0, 0.05) is 23.3 Å². The maximum absolute atomic E-state index is 16.7. The van der Waals surface area contributed by atoms with Crippen LogP contribution < -0.4 is 19.7 Å². The summed E-state index contributed by atoms with van der Waals surface area (Å²) in [5.74, 6) is 3.38. The summed E-state index contributed by atoms with van der Waals surface area (Å²) in [4.78, 5) is 81.8. The number of morpholine rings is 1. The van der Waals surface area contributed by atoms with Crippen LogP contribution >= 0.6 is 11.3 Å². The van der Waals surface area contributed by atoms with Crippen molar-refractivity contribution in [1.29, 1.82) is 0 Å². The number of non-ortho nitro benzene ring substituents is 1. The van der Waals surface area contributed by atoms with Gasteiger partial charge in [0.15, 0.2) is 5.13 Å². The average molecular weight is 1030 g/mol. The molecular weight excluding hydrogens is 987 g/mol. The minimum absolute atomic E-state index is 0.00124. The van der Waals surface area contributed by atoms with Crippen LogP contribution in [0.25, 0.3) is 10.2 Å². The van der Waals surface area contributed by atoms with Gasteiger partial charge < -0.3 is 29.4 Å². The van der Waals surface area contributed by atoms with Gasteiger partial charge in [0.2, 0.25) is 11.8 Å². The summed E-state index contributed by atoms with van der Waals surface area (Å²) in [6.45, 7) is -0.634. The molecule has 3 aliphatic rings. The van der Waals surface area contributed by atoms with Crippen LogP contribution in [0.4, 0.5) is 21.3 Å². The third-order valence-electron chi connectivity index (χ3n) is 14.0. The minimum Gasteiger partial charge on any atom is -0.497 e. The molecule has 1 aromatic heterocycles. The second-order valence-corrected chi connectivity index (χ2v) is 19.2. The molecule has 0 radical (unpaired) electrons. The number of para-hydroxylation sites is 1. The van der Waals surface area contributed by atoms with Crippen LogP contribution in [0.2, 0.25) is 0 Å². The second kappa shape index (κ2) is 20.6. The van der Waals surface area contributed by atoms with E-state index in [2.05, 4.69) is 17.2 Å². The van der Waals surface area contributed by atoms with Crippen molar-refractivity contribution in [3.63, 3.8) is 0 Å². The van der Waals surface area contributed by atoms with Crippen molar-refractivity contribution in [3.05, 3.63) is 225 Å². The molecule has 8 aromatic rings. The number of nitrogens with zero attached hydrogens (tertiary/aromatic N) is 4. The number of rotatable bonds is 12. The first-order chi connectivity index (χ1) is 37.1. The van der Waals surface area contributed by atoms with E-state index in [0.29, 0.717) is 50.4 Å². The van der Waals surface area contributed by atoms with Crippen molar-refractivity contribution in [2.24, 2.45) is 5.92 Å². The summed E-state index contributed by atoms with van der Waals surface area (Å²) in [6, 6.07) is 46.8. The third-order valence-corrected chi connectivity index (χ3v) is 14.9. The maximum Gasteiger partial charge on any atom is 0.421 e. The number of carbonyl (C=O) groups excluding carboxylic acids is 4. The molecule has 0 aliphatic carbocycles. The molecule has 2 N–H and O–H groups in total. The highest BCUT2D eigenvalue weighted by molar-refractivity contribution is 7.22. The van der Waals surface area contributed by atoms with E-state index in [-0.39, 0.29) is 41.9 Å². The number of amides is 3. The zero-order chi connectivity index (χ0) is 52.5. The van der Waals surface area contributed by atoms with Gasteiger partial charge in [0.05, 0.1) is 52.5 Å². The first-order valence-electron chi connectivity index (χ1n) is 24.2. The quantitative estimate of drug-likeness (QED) is 0.0508. The van der Waals surface area contributed by atoms with Gasteiger partial charge in [-0.15, -0.1) is 0 Å². The summed E-state index contributed by atoms with van der Waals surface area (Å²) in [7, 11) is 1.57. The van der Waals surface area contributed by atoms with Gasteiger partial charge in [0.1, 0.15) is 42.3 Å². The molecule has 76 heavy (non-hydrogen) atoms. The Kier molecular flexibility index (Phi) is 13.3. The fourth-order valence-corrected chi connectivity index (χ4v) is 11.6. The highest BCUT2D eigenvalue weighted by atomic mass is 32.1. The van der Waals surface area contributed by atoms with Crippen molar-refractivity contribution in [3.8, 4) is 23.3 Å². The number of cyclic esters (lactones) is 1. The Balaban J connectivity index is 1.17. The number of benzene rings is 7. The largest absolute Gasteiger partial charge is 0.497 e. The number of esters is 1. The lowest BCUT2D eigenvalue weighted by Gasteiger charge is -2.46. The van der Waals surface area contributed by atoms with E-state index in [9.17, 15) is 20.0 Å². The highest BCUT2D eigenvalue weighted by Crippen LogP contribution is 2.66. The molecule has 3 amide bonds. The van der Waals surface area contributed by atoms with E-state index >= 15 is 14.4 Å². The van der Waals surface area contributed by atoms with Crippen molar-refractivity contribution < 1.29 is 48.2 Å². The van der Waals surface area contributed by atoms with Gasteiger partial charge in [-0.3, -0.25) is 29.4 Å². The van der Waals surface area contributed by atoms with Crippen LogP contribution in [0.15, 0.2) is 176 Å².